The van der Waals surface area contributed by atoms with E-state index in [-0.39, 0.29) is 0 Å². The van der Waals surface area contributed by atoms with Crippen molar-refractivity contribution >= 4 is 17.7 Å². The first kappa shape index (κ1) is 23.3. The van der Waals surface area contributed by atoms with Crippen molar-refractivity contribution < 1.29 is 33.3 Å². The Hall–Kier alpha value is -3.39. The van der Waals surface area contributed by atoms with Gasteiger partial charge in [-0.25, -0.2) is 0 Å². The maximum absolute atomic E-state index is 13.7. The normalized spacial score (nSPS) is 23.3. The molecule has 0 radical (unpaired) electrons. The van der Waals surface area contributed by atoms with Crippen LogP contribution in [-0.4, -0.2) is 58.1 Å². The first-order chi connectivity index (χ1) is 15.4. The number of piperidine rings is 1. The quantitative estimate of drug-likeness (QED) is 0.499. The van der Waals surface area contributed by atoms with Gasteiger partial charge in [-0.3, -0.25) is 19.3 Å². The van der Waals surface area contributed by atoms with Crippen molar-refractivity contribution in [3.8, 4) is 11.5 Å². The molecule has 32 heavy (non-hydrogen) atoms. The third-order valence-corrected chi connectivity index (χ3v) is 5.90. The lowest BCUT2D eigenvalue weighted by molar-refractivity contribution is -0.167. The summed E-state index contributed by atoms with van der Waals surface area (Å²) in [5.74, 6) is -3.26. The van der Waals surface area contributed by atoms with Gasteiger partial charge in [-0.1, -0.05) is 24.3 Å². The maximum atomic E-state index is 13.7. The highest BCUT2D eigenvalue weighted by molar-refractivity contribution is 6.10. The van der Waals surface area contributed by atoms with E-state index in [2.05, 4.69) is 0 Å². The average Bonchev–Trinajstić information content (AvgIpc) is 2.83. The lowest BCUT2D eigenvalue weighted by Gasteiger charge is -2.46. The lowest BCUT2D eigenvalue weighted by Crippen LogP contribution is -2.54. The van der Waals surface area contributed by atoms with E-state index < -0.39 is 41.6 Å². The fourth-order valence-electron chi connectivity index (χ4n) is 4.40. The molecule has 2 aromatic carbocycles. The van der Waals surface area contributed by atoms with Crippen LogP contribution in [0.5, 0.6) is 11.5 Å². The molecule has 2 aromatic rings. The Morgan fingerprint density at radius 1 is 0.750 bits per heavy atom. The van der Waals surface area contributed by atoms with Gasteiger partial charge in [0.1, 0.15) is 23.3 Å². The van der Waals surface area contributed by atoms with Crippen LogP contribution in [0.15, 0.2) is 48.5 Å². The lowest BCUT2D eigenvalue weighted by atomic mass is 9.73. The summed E-state index contributed by atoms with van der Waals surface area (Å²) in [4.78, 5) is 41.1. The van der Waals surface area contributed by atoms with E-state index in [9.17, 15) is 14.4 Å². The monoisotopic (exact) mass is 441 g/mol. The summed E-state index contributed by atoms with van der Waals surface area (Å²) in [5.41, 5.74) is 1.37. The van der Waals surface area contributed by atoms with Gasteiger partial charge in [0.15, 0.2) is 5.78 Å². The van der Waals surface area contributed by atoms with Gasteiger partial charge in [-0.05, 0) is 42.4 Å². The molecule has 0 aromatic heterocycles. The molecule has 0 amide bonds. The molecule has 0 spiro atoms. The number of ether oxygens (including phenoxy) is 4. The number of ketones is 1. The van der Waals surface area contributed by atoms with E-state index >= 15 is 0 Å². The number of carbonyl (C=O) groups is 3. The standard InChI is InChI=1S/C24H27NO7/c1-25-20(14-8-6-10-16(12-14)29-2)18(23(27)31-4)22(26)19(24(28)32-5)21(25)15-9-7-11-17(13-15)30-3/h6-13,18-21H,1-5H3. The fourth-order valence-corrected chi connectivity index (χ4v) is 4.40. The smallest absolute Gasteiger partial charge is 0.318 e. The molecule has 8 heteroatoms. The molecule has 1 aliphatic heterocycles. The molecule has 4 atom stereocenters. The predicted molar refractivity (Wildman–Crippen MR) is 115 cm³/mol. The number of Topliss-reactive ketones (excluding diaryl/α,β-unsaturated/α-hetero) is 1. The molecule has 1 heterocycles. The van der Waals surface area contributed by atoms with Crippen molar-refractivity contribution in [1.29, 1.82) is 0 Å². The molecule has 1 fully saturated rings. The number of esters is 2. The van der Waals surface area contributed by atoms with Crippen LogP contribution in [0.2, 0.25) is 0 Å². The Morgan fingerprint density at radius 3 is 1.50 bits per heavy atom. The number of likely N-dealkylation sites (tertiary alicyclic amines) is 1. The van der Waals surface area contributed by atoms with Gasteiger partial charge in [0.2, 0.25) is 0 Å². The summed E-state index contributed by atoms with van der Waals surface area (Å²) in [5, 5.41) is 0. The minimum Gasteiger partial charge on any atom is -0.497 e. The predicted octanol–water partition coefficient (Wildman–Crippen LogP) is 2.58. The number of rotatable bonds is 6. The molecule has 0 aliphatic carbocycles. The van der Waals surface area contributed by atoms with E-state index in [1.807, 2.05) is 17.0 Å². The number of hydrogen-bond acceptors (Lipinski definition) is 8. The first-order valence-electron chi connectivity index (χ1n) is 10.1. The number of benzene rings is 2. The Bertz CT molecular complexity index is 928. The van der Waals surface area contributed by atoms with Gasteiger partial charge in [0.05, 0.1) is 40.5 Å². The van der Waals surface area contributed by atoms with Gasteiger partial charge in [-0.15, -0.1) is 0 Å². The van der Waals surface area contributed by atoms with Crippen molar-refractivity contribution in [3.05, 3.63) is 59.7 Å². The SMILES string of the molecule is COC(=O)C1C(=O)C(C(=O)OC)C(c2cccc(OC)c2)N(C)C1c1cccc(OC)c1. The zero-order valence-corrected chi connectivity index (χ0v) is 18.7. The highest BCUT2D eigenvalue weighted by atomic mass is 16.5. The van der Waals surface area contributed by atoms with Gasteiger partial charge in [-0.2, -0.15) is 0 Å². The van der Waals surface area contributed by atoms with Crippen LogP contribution in [0.1, 0.15) is 23.2 Å². The molecule has 8 nitrogen and oxygen atoms in total. The third kappa shape index (κ3) is 4.18. The van der Waals surface area contributed by atoms with E-state index in [4.69, 9.17) is 18.9 Å². The summed E-state index contributed by atoms with van der Waals surface area (Å²) >= 11 is 0. The molecule has 1 aliphatic rings. The van der Waals surface area contributed by atoms with E-state index in [1.165, 1.54) is 14.2 Å². The molecule has 4 unspecified atom stereocenters. The van der Waals surface area contributed by atoms with E-state index in [0.29, 0.717) is 22.6 Å². The van der Waals surface area contributed by atoms with E-state index in [1.54, 1.807) is 57.7 Å². The topological polar surface area (TPSA) is 91.4 Å². The van der Waals surface area contributed by atoms with Gasteiger partial charge in [0, 0.05) is 0 Å². The number of nitrogens with zero attached hydrogens (tertiary/aromatic N) is 1. The molecule has 3 rings (SSSR count). The van der Waals surface area contributed by atoms with Crippen LogP contribution < -0.4 is 9.47 Å². The Labute approximate surface area is 187 Å². The van der Waals surface area contributed by atoms with Crippen molar-refractivity contribution in [2.75, 3.05) is 35.5 Å². The molecule has 1 saturated heterocycles. The first-order valence-corrected chi connectivity index (χ1v) is 10.1. The Morgan fingerprint density at radius 2 is 1.16 bits per heavy atom. The van der Waals surface area contributed by atoms with Gasteiger partial charge < -0.3 is 18.9 Å². The van der Waals surface area contributed by atoms with Crippen molar-refractivity contribution in [1.82, 2.24) is 4.90 Å². The Kier molecular flexibility index (Phi) is 7.15. The van der Waals surface area contributed by atoms with Gasteiger partial charge >= 0.3 is 11.9 Å². The van der Waals surface area contributed by atoms with Crippen molar-refractivity contribution in [2.24, 2.45) is 11.8 Å². The van der Waals surface area contributed by atoms with Crippen LogP contribution in [0.3, 0.4) is 0 Å². The van der Waals surface area contributed by atoms with Crippen molar-refractivity contribution in [2.45, 2.75) is 12.1 Å². The van der Waals surface area contributed by atoms with Crippen LogP contribution >= 0.6 is 0 Å². The summed E-state index contributed by atoms with van der Waals surface area (Å²) in [6.45, 7) is 0. The van der Waals surface area contributed by atoms with Crippen LogP contribution in [0, 0.1) is 11.8 Å². The second-order valence-corrected chi connectivity index (χ2v) is 7.51. The molecule has 0 saturated carbocycles. The third-order valence-electron chi connectivity index (χ3n) is 5.90. The summed E-state index contributed by atoms with van der Waals surface area (Å²) in [7, 11) is 7.30. The molecular formula is C24H27NO7. The molecule has 170 valence electrons. The number of carbonyl (C=O) groups excluding carboxylic acids is 3. The van der Waals surface area contributed by atoms with Gasteiger partial charge in [0.25, 0.3) is 0 Å². The van der Waals surface area contributed by atoms with E-state index in [0.717, 1.165) is 0 Å². The largest absolute Gasteiger partial charge is 0.497 e. The minimum absolute atomic E-state index is 0.553. The van der Waals surface area contributed by atoms with Crippen LogP contribution in [-0.2, 0) is 23.9 Å². The maximum Gasteiger partial charge on any atom is 0.318 e. The zero-order valence-electron chi connectivity index (χ0n) is 18.7. The molecule has 0 N–H and O–H groups in total. The van der Waals surface area contributed by atoms with Crippen LogP contribution in [0.25, 0.3) is 0 Å². The summed E-state index contributed by atoms with van der Waals surface area (Å²) in [6.07, 6.45) is 0. The highest BCUT2D eigenvalue weighted by Gasteiger charge is 2.54. The Balaban J connectivity index is 2.22. The fraction of sp³-hybridized carbons (Fsp3) is 0.375. The average molecular weight is 441 g/mol. The number of methoxy groups -OCH3 is 4. The molecule has 0 bridgehead atoms. The summed E-state index contributed by atoms with van der Waals surface area (Å²) in [6, 6.07) is 12.9. The minimum atomic E-state index is -1.22. The second-order valence-electron chi connectivity index (χ2n) is 7.51. The zero-order chi connectivity index (χ0) is 23.4. The van der Waals surface area contributed by atoms with Crippen molar-refractivity contribution in [3.63, 3.8) is 0 Å². The van der Waals surface area contributed by atoms with Crippen LogP contribution in [0.4, 0.5) is 0 Å². The second kappa shape index (κ2) is 9.82. The summed E-state index contributed by atoms with van der Waals surface area (Å²) < 4.78 is 20.6. The number of hydrogen-bond donors (Lipinski definition) is 0. The molecular weight excluding hydrogens is 414 g/mol. The highest BCUT2D eigenvalue weighted by Crippen LogP contribution is 2.47.